The minimum absolute atomic E-state index is 0.127. The zero-order chi connectivity index (χ0) is 25.7. The fourth-order valence-corrected chi connectivity index (χ4v) is 4.04. The number of amides is 3. The molecule has 1 fully saturated rings. The fraction of sp³-hybridized carbons (Fsp3) is 0.423. The van der Waals surface area contributed by atoms with Gasteiger partial charge in [0.05, 0.1) is 6.54 Å². The molecule has 0 unspecified atom stereocenters. The zero-order valence-corrected chi connectivity index (χ0v) is 20.5. The van der Waals surface area contributed by atoms with Crippen molar-refractivity contribution in [3.63, 3.8) is 0 Å². The van der Waals surface area contributed by atoms with Gasteiger partial charge < -0.3 is 15.5 Å². The summed E-state index contributed by atoms with van der Waals surface area (Å²) >= 11 is 0. The largest absolute Gasteiger partial charge is 0.340 e. The Bertz CT molecular complexity index is 1080. The number of hydrogen-bond donors (Lipinski definition) is 2. The van der Waals surface area contributed by atoms with Gasteiger partial charge in [0.1, 0.15) is 23.2 Å². The van der Waals surface area contributed by atoms with E-state index in [0.717, 1.165) is 28.9 Å². The number of carbonyl (C=O) groups excluding carboxylic acids is 3. The second kappa shape index (κ2) is 11.4. The molecular weight excluding hydrogens is 454 g/mol. The van der Waals surface area contributed by atoms with Crippen molar-refractivity contribution in [3.05, 3.63) is 64.7 Å². The Morgan fingerprint density at radius 3 is 2.14 bits per heavy atom. The minimum atomic E-state index is -0.981. The average Bonchev–Trinajstić information content (AvgIpc) is 2.80. The van der Waals surface area contributed by atoms with Gasteiger partial charge in [0.2, 0.25) is 11.8 Å². The number of hydrogen-bond acceptors (Lipinski definition) is 4. The summed E-state index contributed by atoms with van der Waals surface area (Å²) in [6.45, 7) is 9.40. The summed E-state index contributed by atoms with van der Waals surface area (Å²) in [5.41, 5.74) is 2.20. The van der Waals surface area contributed by atoms with Crippen LogP contribution in [0.1, 0.15) is 35.3 Å². The maximum atomic E-state index is 14.0. The Balaban J connectivity index is 1.56. The van der Waals surface area contributed by atoms with Crippen LogP contribution < -0.4 is 10.6 Å². The highest BCUT2D eigenvalue weighted by Crippen LogP contribution is 2.18. The topological polar surface area (TPSA) is 81.8 Å². The summed E-state index contributed by atoms with van der Waals surface area (Å²) in [6.07, 6.45) is 0. The van der Waals surface area contributed by atoms with E-state index in [1.54, 1.807) is 18.7 Å². The highest BCUT2D eigenvalue weighted by molar-refractivity contribution is 5.98. The van der Waals surface area contributed by atoms with Crippen LogP contribution in [0.2, 0.25) is 0 Å². The van der Waals surface area contributed by atoms with Gasteiger partial charge in [-0.3, -0.25) is 19.3 Å². The summed E-state index contributed by atoms with van der Waals surface area (Å²) in [5.74, 6) is -3.66. The molecule has 0 spiro atoms. The highest BCUT2D eigenvalue weighted by Gasteiger charge is 2.32. The van der Waals surface area contributed by atoms with E-state index in [9.17, 15) is 23.2 Å². The number of piperazine rings is 1. The van der Waals surface area contributed by atoms with Crippen LogP contribution in [0, 0.1) is 31.4 Å². The molecule has 0 radical (unpaired) electrons. The van der Waals surface area contributed by atoms with Crippen LogP contribution in [0.3, 0.4) is 0 Å². The number of anilines is 1. The van der Waals surface area contributed by atoms with E-state index >= 15 is 0 Å². The molecular formula is C26H32F2N4O3. The third-order valence-electron chi connectivity index (χ3n) is 6.34. The Morgan fingerprint density at radius 2 is 1.54 bits per heavy atom. The molecule has 0 aromatic heterocycles. The van der Waals surface area contributed by atoms with Gasteiger partial charge in [0, 0.05) is 31.9 Å². The molecule has 1 saturated heterocycles. The predicted molar refractivity (Wildman–Crippen MR) is 130 cm³/mol. The second-order valence-electron chi connectivity index (χ2n) is 9.19. The Kier molecular flexibility index (Phi) is 8.56. The molecule has 0 bridgehead atoms. The SMILES string of the molecule is Cc1cccc(NC(=O)CN2CCN(C(=O)[C@@H](NC(=O)c3c(F)cccc3F)C(C)C)CC2)c1C. The van der Waals surface area contributed by atoms with Crippen molar-refractivity contribution in [3.8, 4) is 0 Å². The molecule has 7 nitrogen and oxygen atoms in total. The molecule has 2 N–H and O–H groups in total. The molecule has 1 heterocycles. The van der Waals surface area contributed by atoms with Crippen molar-refractivity contribution in [2.75, 3.05) is 38.0 Å². The molecule has 1 aliphatic heterocycles. The van der Waals surface area contributed by atoms with E-state index < -0.39 is 29.1 Å². The van der Waals surface area contributed by atoms with E-state index in [2.05, 4.69) is 10.6 Å². The Labute approximate surface area is 204 Å². The monoisotopic (exact) mass is 486 g/mol. The summed E-state index contributed by atoms with van der Waals surface area (Å²) in [4.78, 5) is 41.8. The van der Waals surface area contributed by atoms with Gasteiger partial charge in [-0.25, -0.2) is 8.78 Å². The van der Waals surface area contributed by atoms with E-state index in [0.29, 0.717) is 26.2 Å². The number of halogens is 2. The zero-order valence-electron chi connectivity index (χ0n) is 20.5. The normalized spacial score (nSPS) is 15.1. The molecule has 2 aromatic carbocycles. The third kappa shape index (κ3) is 6.42. The van der Waals surface area contributed by atoms with E-state index in [4.69, 9.17) is 0 Å². The first-order valence-electron chi connectivity index (χ1n) is 11.7. The molecule has 0 saturated carbocycles. The number of carbonyl (C=O) groups is 3. The molecule has 3 rings (SSSR count). The van der Waals surface area contributed by atoms with Crippen molar-refractivity contribution in [1.29, 1.82) is 0 Å². The van der Waals surface area contributed by atoms with Crippen molar-refractivity contribution >= 4 is 23.4 Å². The van der Waals surface area contributed by atoms with Crippen LogP contribution >= 0.6 is 0 Å². The smallest absolute Gasteiger partial charge is 0.257 e. The van der Waals surface area contributed by atoms with E-state index in [1.165, 1.54) is 6.07 Å². The lowest BCUT2D eigenvalue weighted by Gasteiger charge is -2.37. The molecule has 3 amide bonds. The Morgan fingerprint density at radius 1 is 0.943 bits per heavy atom. The first-order chi connectivity index (χ1) is 16.6. The maximum Gasteiger partial charge on any atom is 0.257 e. The number of aryl methyl sites for hydroxylation is 1. The van der Waals surface area contributed by atoms with Crippen LogP contribution in [-0.4, -0.2) is 66.3 Å². The van der Waals surface area contributed by atoms with Gasteiger partial charge in [-0.05, 0) is 49.1 Å². The van der Waals surface area contributed by atoms with Crippen LogP contribution in [0.25, 0.3) is 0 Å². The van der Waals surface area contributed by atoms with Gasteiger partial charge in [-0.2, -0.15) is 0 Å². The molecule has 9 heteroatoms. The van der Waals surface area contributed by atoms with Gasteiger partial charge in [0.15, 0.2) is 0 Å². The van der Waals surface area contributed by atoms with Crippen molar-refractivity contribution < 1.29 is 23.2 Å². The predicted octanol–water partition coefficient (Wildman–Crippen LogP) is 3.12. The van der Waals surface area contributed by atoms with Gasteiger partial charge >= 0.3 is 0 Å². The number of nitrogens with one attached hydrogen (secondary N) is 2. The lowest BCUT2D eigenvalue weighted by molar-refractivity contribution is -0.136. The van der Waals surface area contributed by atoms with E-state index in [-0.39, 0.29) is 24.3 Å². The summed E-state index contributed by atoms with van der Waals surface area (Å²) in [7, 11) is 0. The van der Waals surface area contributed by atoms with Crippen LogP contribution in [0.4, 0.5) is 14.5 Å². The van der Waals surface area contributed by atoms with Gasteiger partial charge in [-0.15, -0.1) is 0 Å². The van der Waals surface area contributed by atoms with Crippen molar-refractivity contribution in [1.82, 2.24) is 15.1 Å². The van der Waals surface area contributed by atoms with Gasteiger partial charge in [-0.1, -0.05) is 32.0 Å². The van der Waals surface area contributed by atoms with Crippen molar-refractivity contribution in [2.24, 2.45) is 5.92 Å². The van der Waals surface area contributed by atoms with Gasteiger partial charge in [0.25, 0.3) is 5.91 Å². The number of benzene rings is 2. The minimum Gasteiger partial charge on any atom is -0.340 e. The third-order valence-corrected chi connectivity index (χ3v) is 6.34. The molecule has 0 aliphatic carbocycles. The molecule has 188 valence electrons. The lowest BCUT2D eigenvalue weighted by atomic mass is 10.0. The average molecular weight is 487 g/mol. The van der Waals surface area contributed by atoms with Crippen LogP contribution in [0.15, 0.2) is 36.4 Å². The first kappa shape index (κ1) is 26.3. The summed E-state index contributed by atoms with van der Waals surface area (Å²) in [6, 6.07) is 7.99. The lowest BCUT2D eigenvalue weighted by Crippen LogP contribution is -2.57. The standard InChI is InChI=1S/C26H32F2N4O3/c1-16(2)24(30-25(34)23-19(27)8-6-9-20(23)28)26(35)32-13-11-31(12-14-32)15-22(33)29-21-10-5-7-17(3)18(21)4/h5-10,16,24H,11-15H2,1-4H3,(H,29,33)(H,30,34)/t24-/m0/s1. The van der Waals surface area contributed by atoms with E-state index in [1.807, 2.05) is 36.9 Å². The summed E-state index contributed by atoms with van der Waals surface area (Å²) in [5, 5.41) is 5.45. The molecule has 2 aromatic rings. The quantitative estimate of drug-likeness (QED) is 0.630. The maximum absolute atomic E-state index is 14.0. The highest BCUT2D eigenvalue weighted by atomic mass is 19.1. The molecule has 35 heavy (non-hydrogen) atoms. The first-order valence-corrected chi connectivity index (χ1v) is 11.7. The molecule has 1 atom stereocenters. The summed E-state index contributed by atoms with van der Waals surface area (Å²) < 4.78 is 28.0. The molecule has 1 aliphatic rings. The van der Waals surface area contributed by atoms with Crippen molar-refractivity contribution in [2.45, 2.75) is 33.7 Å². The second-order valence-corrected chi connectivity index (χ2v) is 9.19. The fourth-order valence-electron chi connectivity index (χ4n) is 4.04. The van der Waals surface area contributed by atoms with Crippen LogP contribution in [-0.2, 0) is 9.59 Å². The number of nitrogens with zero attached hydrogens (tertiary/aromatic N) is 2. The Hall–Kier alpha value is -3.33. The van der Waals surface area contributed by atoms with Crippen LogP contribution in [0.5, 0.6) is 0 Å². The number of rotatable bonds is 7.